The van der Waals surface area contributed by atoms with Crippen molar-refractivity contribution in [2.45, 2.75) is 32.2 Å². The molecule has 0 aromatic heterocycles. The Bertz CT molecular complexity index is 1320. The molecule has 0 aliphatic carbocycles. The lowest BCUT2D eigenvalue weighted by atomic mass is 10.1. The van der Waals surface area contributed by atoms with Crippen molar-refractivity contribution >= 4 is 68.0 Å². The Morgan fingerprint density at radius 2 is 1.44 bits per heavy atom. The van der Waals surface area contributed by atoms with E-state index < -0.39 is 22.5 Å². The van der Waals surface area contributed by atoms with Gasteiger partial charge in [0.25, 0.3) is 0 Å². The number of sulfonamides is 1. The third kappa shape index (κ3) is 6.06. The van der Waals surface area contributed by atoms with Crippen LogP contribution in [0.15, 0.2) is 53.4 Å². The first-order chi connectivity index (χ1) is 15.9. The number of benzene rings is 3. The highest BCUT2D eigenvalue weighted by molar-refractivity contribution is 7.89. The minimum atomic E-state index is -4.08. The van der Waals surface area contributed by atoms with Crippen LogP contribution in [0.1, 0.15) is 22.3 Å². The molecule has 0 aliphatic heterocycles. The fourth-order valence-corrected chi connectivity index (χ4v) is 6.34. The zero-order valence-corrected chi connectivity index (χ0v) is 22.5. The predicted molar refractivity (Wildman–Crippen MR) is 140 cm³/mol. The number of carbonyl (C=O) groups is 1. The molecule has 1 N–H and O–H groups in total. The van der Waals surface area contributed by atoms with E-state index in [1.165, 1.54) is 0 Å². The van der Waals surface area contributed by atoms with Crippen molar-refractivity contribution in [3.63, 3.8) is 0 Å². The predicted octanol–water partition coefficient (Wildman–Crippen LogP) is 7.06. The van der Waals surface area contributed by atoms with Gasteiger partial charge in [0, 0.05) is 6.54 Å². The second kappa shape index (κ2) is 10.9. The summed E-state index contributed by atoms with van der Waals surface area (Å²) in [4.78, 5) is 13.1. The van der Waals surface area contributed by atoms with E-state index in [2.05, 4.69) is 5.32 Å². The van der Waals surface area contributed by atoms with Crippen LogP contribution in [-0.4, -0.2) is 25.2 Å². The molecule has 0 heterocycles. The number of para-hydroxylation sites is 1. The van der Waals surface area contributed by atoms with Gasteiger partial charge in [-0.25, -0.2) is 8.42 Å². The average molecular weight is 560 g/mol. The summed E-state index contributed by atoms with van der Waals surface area (Å²) in [6, 6.07) is 13.2. The SMILES string of the molecule is Cc1cc(C)c(S(=O)(=O)N(CC(=O)Nc2c(Cl)cccc2Cl)Cc2ccc(Cl)c(Cl)c2)c(C)c1. The van der Waals surface area contributed by atoms with Gasteiger partial charge in [-0.3, -0.25) is 4.79 Å². The number of carbonyl (C=O) groups excluding carboxylic acids is 1. The minimum Gasteiger partial charge on any atom is -0.322 e. The van der Waals surface area contributed by atoms with Crippen LogP contribution in [-0.2, 0) is 21.4 Å². The largest absolute Gasteiger partial charge is 0.322 e. The fourth-order valence-electron chi connectivity index (χ4n) is 3.73. The molecule has 0 saturated carbocycles. The normalized spacial score (nSPS) is 11.6. The third-order valence-electron chi connectivity index (χ3n) is 5.09. The summed E-state index contributed by atoms with van der Waals surface area (Å²) in [5.74, 6) is -0.596. The molecule has 0 unspecified atom stereocenters. The number of hydrogen-bond donors (Lipinski definition) is 1. The van der Waals surface area contributed by atoms with Crippen LogP contribution in [0, 0.1) is 20.8 Å². The Morgan fingerprint density at radius 3 is 2.00 bits per heavy atom. The smallest absolute Gasteiger partial charge is 0.244 e. The maximum absolute atomic E-state index is 13.8. The molecular formula is C24H22Cl4N2O3S. The lowest BCUT2D eigenvalue weighted by Gasteiger charge is -2.24. The quantitative estimate of drug-likeness (QED) is 0.337. The highest BCUT2D eigenvalue weighted by Gasteiger charge is 2.30. The van der Waals surface area contributed by atoms with E-state index in [4.69, 9.17) is 46.4 Å². The van der Waals surface area contributed by atoms with Crippen LogP contribution in [0.25, 0.3) is 0 Å². The second-order valence-electron chi connectivity index (χ2n) is 7.89. The summed E-state index contributed by atoms with van der Waals surface area (Å²) in [6.45, 7) is 4.78. The van der Waals surface area contributed by atoms with Gasteiger partial charge < -0.3 is 5.32 Å². The van der Waals surface area contributed by atoms with E-state index in [0.29, 0.717) is 21.7 Å². The molecule has 0 saturated heterocycles. The van der Waals surface area contributed by atoms with Crippen LogP contribution in [0.3, 0.4) is 0 Å². The number of amides is 1. The van der Waals surface area contributed by atoms with Gasteiger partial charge in [0.05, 0.1) is 37.2 Å². The van der Waals surface area contributed by atoms with Crippen molar-refractivity contribution in [2.24, 2.45) is 0 Å². The Kier molecular flexibility index (Phi) is 8.56. The summed E-state index contributed by atoms with van der Waals surface area (Å²) in [5, 5.41) is 3.73. The summed E-state index contributed by atoms with van der Waals surface area (Å²) < 4.78 is 28.7. The zero-order valence-electron chi connectivity index (χ0n) is 18.6. The standard InChI is InChI=1S/C24H22Cl4N2O3S/c1-14-9-15(2)24(16(3)10-14)34(32,33)30(12-17-7-8-18(25)21(28)11-17)13-22(31)29-23-19(26)5-4-6-20(23)27/h4-11H,12-13H2,1-3H3,(H,29,31). The van der Waals surface area contributed by atoms with Gasteiger partial charge in [-0.2, -0.15) is 4.31 Å². The van der Waals surface area contributed by atoms with Gasteiger partial charge in [0.15, 0.2) is 0 Å². The van der Waals surface area contributed by atoms with E-state index >= 15 is 0 Å². The third-order valence-corrected chi connectivity index (χ3v) is 8.56. The van der Waals surface area contributed by atoms with Crippen molar-refractivity contribution in [2.75, 3.05) is 11.9 Å². The highest BCUT2D eigenvalue weighted by Crippen LogP contribution is 2.31. The van der Waals surface area contributed by atoms with Crippen LogP contribution < -0.4 is 5.32 Å². The molecule has 34 heavy (non-hydrogen) atoms. The van der Waals surface area contributed by atoms with Crippen molar-refractivity contribution in [3.8, 4) is 0 Å². The molecule has 5 nitrogen and oxygen atoms in total. The number of nitrogens with one attached hydrogen (secondary N) is 1. The van der Waals surface area contributed by atoms with Crippen LogP contribution in [0.4, 0.5) is 5.69 Å². The van der Waals surface area contributed by atoms with Crippen LogP contribution in [0.5, 0.6) is 0 Å². The maximum Gasteiger partial charge on any atom is 0.244 e. The van der Waals surface area contributed by atoms with Gasteiger partial charge in [-0.15, -0.1) is 0 Å². The van der Waals surface area contributed by atoms with Crippen LogP contribution >= 0.6 is 46.4 Å². The average Bonchev–Trinajstić information content (AvgIpc) is 2.72. The van der Waals surface area contributed by atoms with Gasteiger partial charge in [-0.1, -0.05) is 76.2 Å². The number of anilines is 1. The maximum atomic E-state index is 13.8. The van der Waals surface area contributed by atoms with Gasteiger partial charge in [-0.05, 0) is 61.7 Å². The number of aryl methyl sites for hydroxylation is 3. The molecule has 10 heteroatoms. The number of rotatable bonds is 7. The minimum absolute atomic E-state index is 0.102. The second-order valence-corrected chi connectivity index (χ2v) is 11.4. The van der Waals surface area contributed by atoms with E-state index in [-0.39, 0.29) is 32.2 Å². The number of nitrogens with zero attached hydrogens (tertiary/aromatic N) is 1. The Balaban J connectivity index is 2.01. The summed E-state index contributed by atoms with van der Waals surface area (Å²) >= 11 is 24.5. The molecular weight excluding hydrogens is 538 g/mol. The topological polar surface area (TPSA) is 66.5 Å². The lowest BCUT2D eigenvalue weighted by molar-refractivity contribution is -0.116. The molecule has 3 rings (SSSR count). The molecule has 3 aromatic rings. The zero-order chi connectivity index (χ0) is 25.2. The lowest BCUT2D eigenvalue weighted by Crippen LogP contribution is -2.38. The first-order valence-electron chi connectivity index (χ1n) is 10.2. The highest BCUT2D eigenvalue weighted by atomic mass is 35.5. The van der Waals surface area contributed by atoms with E-state index in [0.717, 1.165) is 9.87 Å². The first kappa shape index (κ1) is 26.8. The number of hydrogen-bond acceptors (Lipinski definition) is 3. The Morgan fingerprint density at radius 1 is 0.853 bits per heavy atom. The molecule has 0 spiro atoms. The molecule has 0 radical (unpaired) electrons. The molecule has 0 fully saturated rings. The van der Waals surface area contributed by atoms with Gasteiger partial charge >= 0.3 is 0 Å². The van der Waals surface area contributed by atoms with Crippen molar-refractivity contribution in [1.29, 1.82) is 0 Å². The van der Waals surface area contributed by atoms with Crippen molar-refractivity contribution < 1.29 is 13.2 Å². The summed E-state index contributed by atoms with van der Waals surface area (Å²) in [5.41, 5.74) is 2.91. The van der Waals surface area contributed by atoms with E-state index in [1.807, 2.05) is 6.92 Å². The molecule has 3 aromatic carbocycles. The van der Waals surface area contributed by atoms with Crippen molar-refractivity contribution in [3.05, 3.63) is 90.9 Å². The molecule has 1 amide bonds. The van der Waals surface area contributed by atoms with E-state index in [9.17, 15) is 13.2 Å². The van der Waals surface area contributed by atoms with Crippen LogP contribution in [0.2, 0.25) is 20.1 Å². The molecule has 180 valence electrons. The van der Waals surface area contributed by atoms with Crippen molar-refractivity contribution in [1.82, 2.24) is 4.31 Å². The molecule has 0 atom stereocenters. The fraction of sp³-hybridized carbons (Fsp3) is 0.208. The summed E-state index contributed by atoms with van der Waals surface area (Å²) in [7, 11) is -4.08. The van der Waals surface area contributed by atoms with Gasteiger partial charge in [0.2, 0.25) is 15.9 Å². The number of halogens is 4. The monoisotopic (exact) mass is 558 g/mol. The first-order valence-corrected chi connectivity index (χ1v) is 13.1. The van der Waals surface area contributed by atoms with E-state index in [1.54, 1.807) is 62.4 Å². The molecule has 0 aliphatic rings. The van der Waals surface area contributed by atoms with Gasteiger partial charge in [0.1, 0.15) is 0 Å². The summed E-state index contributed by atoms with van der Waals surface area (Å²) in [6.07, 6.45) is 0. The Labute approximate surface area is 219 Å². The Hall–Kier alpha value is -1.80. The molecule has 0 bridgehead atoms.